The van der Waals surface area contributed by atoms with E-state index in [-0.39, 0.29) is 0 Å². The highest BCUT2D eigenvalue weighted by molar-refractivity contribution is 6.23. The van der Waals surface area contributed by atoms with Crippen molar-refractivity contribution >= 4 is 65.4 Å². The molecule has 0 spiro atoms. The minimum atomic E-state index is 0.633. The highest BCUT2D eigenvalue weighted by Gasteiger charge is 2.22. The molecule has 0 aliphatic heterocycles. The van der Waals surface area contributed by atoms with Crippen LogP contribution in [0.4, 0.5) is 0 Å². The van der Waals surface area contributed by atoms with Gasteiger partial charge in [-0.1, -0.05) is 291 Å². The molecule has 9 heteroatoms. The van der Waals surface area contributed by atoms with E-state index in [1.54, 1.807) is 0 Å². The summed E-state index contributed by atoms with van der Waals surface area (Å²) < 4.78 is 13.3. The number of rotatable bonds is 12. The Morgan fingerprint density at radius 2 is 0.500 bits per heavy atom. The predicted octanol–water partition coefficient (Wildman–Crippen LogP) is 25.2. The third kappa shape index (κ3) is 11.8. The molecule has 0 saturated heterocycles. The van der Waals surface area contributed by atoms with Crippen LogP contribution in [0.15, 0.2) is 379 Å². The third-order valence-corrected chi connectivity index (χ3v) is 19.8. The van der Waals surface area contributed by atoms with Gasteiger partial charge in [-0.3, -0.25) is 9.97 Å². The summed E-state index contributed by atoms with van der Waals surface area (Å²) in [5, 5.41) is 8.75. The van der Waals surface area contributed by atoms with E-state index in [9.17, 15) is 0 Å². The molecule has 0 unspecified atom stereocenters. The summed E-state index contributed by atoms with van der Waals surface area (Å²) in [5.41, 5.74) is 24.2. The number of furan rings is 2. The molecule has 0 radical (unpaired) electrons. The van der Waals surface area contributed by atoms with Crippen LogP contribution in [0.3, 0.4) is 0 Å². The molecule has 0 aliphatic rings. The van der Waals surface area contributed by atoms with Crippen molar-refractivity contribution in [3.8, 4) is 135 Å². The van der Waals surface area contributed by atoms with E-state index in [0.717, 1.165) is 177 Å². The van der Waals surface area contributed by atoms with Crippen molar-refractivity contribution in [3.63, 3.8) is 0 Å². The maximum atomic E-state index is 6.63. The quantitative estimate of drug-likeness (QED) is 0.118. The molecule has 6 heterocycles. The fourth-order valence-corrected chi connectivity index (χ4v) is 14.6. The first-order valence-electron chi connectivity index (χ1n) is 35.4. The average molecular weight is 1360 g/mol. The zero-order valence-electron chi connectivity index (χ0n) is 57.2. The van der Waals surface area contributed by atoms with Gasteiger partial charge in [-0.25, -0.2) is 24.9 Å². The van der Waals surface area contributed by atoms with Gasteiger partial charge in [0.15, 0.2) is 23.3 Å². The van der Waals surface area contributed by atoms with Crippen molar-refractivity contribution in [1.29, 1.82) is 0 Å². The molecule has 0 N–H and O–H groups in total. The first-order chi connectivity index (χ1) is 52.5. The Bertz CT molecular complexity index is 6130. The molecule has 20 rings (SSSR count). The van der Waals surface area contributed by atoms with E-state index in [2.05, 4.69) is 237 Å². The monoisotopic (exact) mass is 1360 g/mol. The standard InChI is InChI=1S/C49H31N3O.C48H30N4O/c1-3-13-33(14-4-1)44-31-45(52-49(51-44)35-15-5-2-6-16-35)34-26-24-32(25-27-34)36-17-11-18-37(29-36)38-21-12-23-46-47(38)42-30-41(43-22-9-10-28-50-43)39-19-7-8-20-40(39)48(42)53-46;1-3-13-32(14-4-1)46-50-47(33-15-5-2-6-16-33)52-48(51-46)34-26-24-31(25-27-34)35-17-11-18-36(29-35)37-21-12-23-43-44(37)41-30-40(42-22-9-10-28-49-42)38-19-7-8-20-39(38)45(41)53-43/h1-31H;1-30H. The van der Waals surface area contributed by atoms with Crippen molar-refractivity contribution in [3.05, 3.63) is 370 Å². The van der Waals surface area contributed by atoms with E-state index < -0.39 is 0 Å². The maximum absolute atomic E-state index is 6.63. The molecule has 0 amide bonds. The van der Waals surface area contributed by atoms with Crippen LogP contribution in [-0.4, -0.2) is 34.9 Å². The number of fused-ring (bicyclic) bond motifs is 10. The Kier molecular flexibility index (Phi) is 16.0. The van der Waals surface area contributed by atoms with E-state index in [1.165, 1.54) is 0 Å². The summed E-state index contributed by atoms with van der Waals surface area (Å²) in [6.45, 7) is 0. The Morgan fingerprint density at radius 1 is 0.179 bits per heavy atom. The van der Waals surface area contributed by atoms with E-state index in [0.29, 0.717) is 23.3 Å². The van der Waals surface area contributed by atoms with Crippen LogP contribution in [0.1, 0.15) is 0 Å². The van der Waals surface area contributed by atoms with Crippen molar-refractivity contribution < 1.29 is 8.83 Å². The summed E-state index contributed by atoms with van der Waals surface area (Å²) in [7, 11) is 0. The van der Waals surface area contributed by atoms with Gasteiger partial charge < -0.3 is 8.83 Å². The van der Waals surface area contributed by atoms with Gasteiger partial charge >= 0.3 is 0 Å². The second-order valence-corrected chi connectivity index (χ2v) is 26.2. The Labute approximate surface area is 610 Å². The van der Waals surface area contributed by atoms with Gasteiger partial charge in [-0.05, 0) is 122 Å². The van der Waals surface area contributed by atoms with Crippen LogP contribution in [-0.2, 0) is 0 Å². The Balaban J connectivity index is 0.000000145. The number of nitrogens with zero attached hydrogens (tertiary/aromatic N) is 7. The molecule has 0 fully saturated rings. The predicted molar refractivity (Wildman–Crippen MR) is 432 cm³/mol. The van der Waals surface area contributed by atoms with Gasteiger partial charge in [0.05, 0.1) is 22.8 Å². The maximum Gasteiger partial charge on any atom is 0.164 e. The van der Waals surface area contributed by atoms with Crippen LogP contribution in [0.25, 0.3) is 201 Å². The lowest BCUT2D eigenvalue weighted by molar-refractivity contribution is 0.672. The molecule has 14 aromatic carbocycles. The van der Waals surface area contributed by atoms with Crippen molar-refractivity contribution in [2.75, 3.05) is 0 Å². The SMILES string of the molecule is c1ccc(-c2cc(-c3ccc(-c4cccc(-c5cccc6oc7c8ccccc8c(-c8ccccn8)cc7c56)c4)cc3)nc(-c3ccccc3)n2)cc1.c1ccc(-c2nc(-c3ccccc3)nc(-c3ccc(-c4cccc(-c5cccc6oc7c8ccccc8c(-c8ccccn8)cc7c56)c4)cc3)n2)cc1. The number of pyridine rings is 2. The molecule has 9 nitrogen and oxygen atoms in total. The molecular weight excluding hydrogens is 1300 g/mol. The summed E-state index contributed by atoms with van der Waals surface area (Å²) >= 11 is 0. The second-order valence-electron chi connectivity index (χ2n) is 26.2. The normalized spacial score (nSPS) is 11.4. The smallest absolute Gasteiger partial charge is 0.164 e. The summed E-state index contributed by atoms with van der Waals surface area (Å²) in [6, 6.07) is 123. The molecular formula is C97H61N7O2. The highest BCUT2D eigenvalue weighted by atomic mass is 16.3. The Morgan fingerprint density at radius 3 is 0.915 bits per heavy atom. The lowest BCUT2D eigenvalue weighted by atomic mass is 9.93. The van der Waals surface area contributed by atoms with E-state index >= 15 is 0 Å². The number of benzene rings is 14. The number of hydrogen-bond donors (Lipinski definition) is 0. The topological polar surface area (TPSA) is 117 Å². The molecule has 6 aromatic heterocycles. The summed E-state index contributed by atoms with van der Waals surface area (Å²) in [6.07, 6.45) is 3.70. The van der Waals surface area contributed by atoms with Crippen LogP contribution in [0.5, 0.6) is 0 Å². The Hall–Kier alpha value is -14.4. The van der Waals surface area contributed by atoms with Gasteiger partial charge in [0, 0.05) is 89.2 Å². The van der Waals surface area contributed by atoms with Crippen LogP contribution in [0, 0.1) is 0 Å². The van der Waals surface area contributed by atoms with E-state index in [4.69, 9.17) is 43.7 Å². The third-order valence-electron chi connectivity index (χ3n) is 19.8. The molecule has 0 saturated carbocycles. The second kappa shape index (κ2) is 27.2. The summed E-state index contributed by atoms with van der Waals surface area (Å²) in [5.74, 6) is 2.63. The van der Waals surface area contributed by atoms with Gasteiger partial charge in [-0.15, -0.1) is 0 Å². The first kappa shape index (κ1) is 62.6. The lowest BCUT2D eigenvalue weighted by Gasteiger charge is -2.11. The largest absolute Gasteiger partial charge is 0.455 e. The van der Waals surface area contributed by atoms with Crippen LogP contribution >= 0.6 is 0 Å². The summed E-state index contributed by atoms with van der Waals surface area (Å²) in [4.78, 5) is 34.1. The number of hydrogen-bond acceptors (Lipinski definition) is 9. The zero-order valence-corrected chi connectivity index (χ0v) is 57.2. The fourth-order valence-electron chi connectivity index (χ4n) is 14.6. The van der Waals surface area contributed by atoms with Crippen molar-refractivity contribution in [1.82, 2.24) is 34.9 Å². The van der Waals surface area contributed by atoms with Crippen molar-refractivity contribution in [2.45, 2.75) is 0 Å². The van der Waals surface area contributed by atoms with Crippen LogP contribution < -0.4 is 0 Å². The molecule has 20 aromatic rings. The minimum absolute atomic E-state index is 0.633. The molecule has 0 aliphatic carbocycles. The zero-order chi connectivity index (χ0) is 70.3. The first-order valence-corrected chi connectivity index (χ1v) is 35.4. The number of aromatic nitrogens is 7. The average Bonchev–Trinajstić information content (AvgIpc) is 1.55. The van der Waals surface area contributed by atoms with Gasteiger partial charge in [0.25, 0.3) is 0 Å². The highest BCUT2D eigenvalue weighted by Crippen LogP contribution is 2.46. The van der Waals surface area contributed by atoms with Crippen molar-refractivity contribution in [2.24, 2.45) is 0 Å². The van der Waals surface area contributed by atoms with Crippen LogP contribution in [0.2, 0.25) is 0 Å². The van der Waals surface area contributed by atoms with Gasteiger partial charge in [0.1, 0.15) is 22.3 Å². The van der Waals surface area contributed by atoms with Gasteiger partial charge in [0.2, 0.25) is 0 Å². The minimum Gasteiger partial charge on any atom is -0.455 e. The molecule has 106 heavy (non-hydrogen) atoms. The lowest BCUT2D eigenvalue weighted by Crippen LogP contribution is -2.00. The molecule has 0 atom stereocenters. The van der Waals surface area contributed by atoms with Gasteiger partial charge in [-0.2, -0.15) is 0 Å². The fraction of sp³-hybridized carbons (Fsp3) is 0. The molecule has 496 valence electrons. The molecule has 0 bridgehead atoms. The van der Waals surface area contributed by atoms with E-state index in [1.807, 2.05) is 134 Å².